The van der Waals surface area contributed by atoms with Gasteiger partial charge in [-0.1, -0.05) is 6.07 Å². The van der Waals surface area contributed by atoms with Gasteiger partial charge in [-0.25, -0.2) is 23.7 Å². The summed E-state index contributed by atoms with van der Waals surface area (Å²) in [6.45, 7) is -2.95. The Bertz CT molecular complexity index is 1140. The van der Waals surface area contributed by atoms with Crippen LogP contribution in [0.25, 0.3) is 5.69 Å². The average molecular weight is 464 g/mol. The summed E-state index contributed by atoms with van der Waals surface area (Å²) in [5.74, 6) is 0.426. The summed E-state index contributed by atoms with van der Waals surface area (Å²) < 4.78 is 57.1. The molecule has 12 heteroatoms. The lowest BCUT2D eigenvalue weighted by molar-refractivity contribution is -0.0503. The molecule has 0 aromatic carbocycles. The number of hydrogen-bond donors (Lipinski definition) is 2. The molecule has 1 saturated carbocycles. The van der Waals surface area contributed by atoms with Gasteiger partial charge in [0.15, 0.2) is 5.75 Å². The SMILES string of the molecule is O=c1ccccn1-c1ccc(N[C@H]2CC[C@H](Nc3ncc(OC(F)F)cn3)C2)nc1C(F)F. The maximum atomic E-state index is 13.7. The zero-order chi connectivity index (χ0) is 23.4. The Labute approximate surface area is 185 Å². The van der Waals surface area contributed by atoms with Crippen LogP contribution < -0.4 is 20.9 Å². The van der Waals surface area contributed by atoms with Gasteiger partial charge in [0.1, 0.15) is 11.5 Å². The third-order valence-electron chi connectivity index (χ3n) is 5.16. The van der Waals surface area contributed by atoms with Gasteiger partial charge in [0.05, 0.1) is 18.1 Å². The second-order valence-corrected chi connectivity index (χ2v) is 7.43. The maximum absolute atomic E-state index is 13.7. The van der Waals surface area contributed by atoms with Crippen LogP contribution in [0.15, 0.2) is 53.7 Å². The monoisotopic (exact) mass is 464 g/mol. The van der Waals surface area contributed by atoms with Crippen molar-refractivity contribution in [1.29, 1.82) is 0 Å². The fourth-order valence-corrected chi connectivity index (χ4v) is 3.73. The van der Waals surface area contributed by atoms with Gasteiger partial charge in [0.2, 0.25) is 5.95 Å². The van der Waals surface area contributed by atoms with Crippen molar-refractivity contribution < 1.29 is 22.3 Å². The van der Waals surface area contributed by atoms with E-state index in [0.717, 1.165) is 29.8 Å². The molecule has 2 N–H and O–H groups in total. The predicted octanol–water partition coefficient (Wildman–Crippen LogP) is 4.01. The molecule has 0 aliphatic heterocycles. The van der Waals surface area contributed by atoms with Crippen LogP contribution in [0.2, 0.25) is 0 Å². The molecular weight excluding hydrogens is 444 g/mol. The van der Waals surface area contributed by atoms with Crippen LogP contribution in [-0.2, 0) is 0 Å². The minimum atomic E-state index is -2.95. The summed E-state index contributed by atoms with van der Waals surface area (Å²) in [7, 11) is 0. The highest BCUT2D eigenvalue weighted by molar-refractivity contribution is 5.47. The molecule has 3 aromatic heterocycles. The first-order valence-corrected chi connectivity index (χ1v) is 10.2. The van der Waals surface area contributed by atoms with Crippen LogP contribution in [0.1, 0.15) is 31.4 Å². The Hall–Kier alpha value is -3.70. The summed E-state index contributed by atoms with van der Waals surface area (Å²) in [5, 5.41) is 6.28. The van der Waals surface area contributed by atoms with Gasteiger partial charge < -0.3 is 15.4 Å². The Kier molecular flexibility index (Phi) is 6.71. The number of pyridine rings is 2. The fraction of sp³-hybridized carbons (Fsp3) is 0.333. The van der Waals surface area contributed by atoms with E-state index in [1.54, 1.807) is 12.1 Å². The van der Waals surface area contributed by atoms with E-state index in [1.165, 1.54) is 24.4 Å². The number of anilines is 2. The Morgan fingerprint density at radius 2 is 1.73 bits per heavy atom. The molecule has 174 valence electrons. The van der Waals surface area contributed by atoms with Crippen molar-refractivity contribution >= 4 is 11.8 Å². The van der Waals surface area contributed by atoms with Gasteiger partial charge in [0, 0.05) is 24.3 Å². The number of rotatable bonds is 8. The lowest BCUT2D eigenvalue weighted by Gasteiger charge is -2.17. The zero-order valence-electron chi connectivity index (χ0n) is 17.2. The molecule has 0 spiro atoms. The number of aromatic nitrogens is 4. The Balaban J connectivity index is 1.40. The molecule has 4 rings (SSSR count). The standard InChI is InChI=1S/C21H20F4N6O2/c22-19(23)18-15(31-8-2-1-3-17(31)32)6-7-16(30-18)28-12-4-5-13(9-12)29-21-26-10-14(11-27-21)33-20(24)25/h1-3,6-8,10-13,19-20H,4-5,9H2,(H,28,30)(H,26,27,29)/t12-,13-/m0/s1. The van der Waals surface area contributed by atoms with Gasteiger partial charge >= 0.3 is 6.61 Å². The average Bonchev–Trinajstić information content (AvgIpc) is 3.22. The van der Waals surface area contributed by atoms with E-state index in [-0.39, 0.29) is 35.3 Å². The number of nitrogens with one attached hydrogen (secondary N) is 2. The first kappa shape index (κ1) is 22.5. The van der Waals surface area contributed by atoms with Crippen LogP contribution in [0.3, 0.4) is 0 Å². The molecule has 1 fully saturated rings. The van der Waals surface area contributed by atoms with Crippen molar-refractivity contribution in [2.24, 2.45) is 0 Å². The van der Waals surface area contributed by atoms with Crippen molar-refractivity contribution in [1.82, 2.24) is 19.5 Å². The number of alkyl halides is 4. The van der Waals surface area contributed by atoms with Crippen molar-refractivity contribution in [3.63, 3.8) is 0 Å². The number of nitrogens with zero attached hydrogens (tertiary/aromatic N) is 4. The first-order valence-electron chi connectivity index (χ1n) is 10.2. The molecule has 0 bridgehead atoms. The molecule has 8 nitrogen and oxygen atoms in total. The van der Waals surface area contributed by atoms with Crippen LogP contribution >= 0.6 is 0 Å². The molecule has 0 amide bonds. The van der Waals surface area contributed by atoms with E-state index >= 15 is 0 Å². The van der Waals surface area contributed by atoms with E-state index in [1.807, 2.05) is 0 Å². The summed E-state index contributed by atoms with van der Waals surface area (Å²) in [6, 6.07) is 7.37. The summed E-state index contributed by atoms with van der Waals surface area (Å²) in [6.07, 6.45) is 3.01. The van der Waals surface area contributed by atoms with Gasteiger partial charge in [-0.3, -0.25) is 9.36 Å². The van der Waals surface area contributed by atoms with Gasteiger partial charge in [-0.05, 0) is 37.5 Å². The van der Waals surface area contributed by atoms with Crippen LogP contribution in [0.4, 0.5) is 29.3 Å². The smallest absolute Gasteiger partial charge is 0.387 e. The zero-order valence-corrected chi connectivity index (χ0v) is 17.2. The second-order valence-electron chi connectivity index (χ2n) is 7.43. The van der Waals surface area contributed by atoms with E-state index in [2.05, 4.69) is 30.3 Å². The Morgan fingerprint density at radius 3 is 2.39 bits per heavy atom. The van der Waals surface area contributed by atoms with Crippen molar-refractivity contribution in [2.75, 3.05) is 10.6 Å². The largest absolute Gasteiger partial charge is 0.432 e. The van der Waals surface area contributed by atoms with E-state index < -0.39 is 24.3 Å². The Morgan fingerprint density at radius 1 is 1.00 bits per heavy atom. The van der Waals surface area contributed by atoms with Crippen molar-refractivity contribution in [3.8, 4) is 11.4 Å². The maximum Gasteiger partial charge on any atom is 0.387 e. The molecule has 3 aromatic rings. The van der Waals surface area contributed by atoms with Gasteiger partial charge in [-0.15, -0.1) is 0 Å². The molecule has 2 atom stereocenters. The second kappa shape index (κ2) is 9.84. The summed E-state index contributed by atoms with van der Waals surface area (Å²) in [5.41, 5.74) is -0.883. The molecule has 3 heterocycles. The molecule has 33 heavy (non-hydrogen) atoms. The predicted molar refractivity (Wildman–Crippen MR) is 112 cm³/mol. The van der Waals surface area contributed by atoms with Crippen LogP contribution in [0.5, 0.6) is 5.75 Å². The van der Waals surface area contributed by atoms with Crippen LogP contribution in [-0.4, -0.2) is 38.2 Å². The van der Waals surface area contributed by atoms with E-state index in [9.17, 15) is 22.4 Å². The lowest BCUT2D eigenvalue weighted by atomic mass is 10.2. The fourth-order valence-electron chi connectivity index (χ4n) is 3.73. The van der Waals surface area contributed by atoms with Gasteiger partial charge in [-0.2, -0.15) is 8.78 Å². The molecule has 0 radical (unpaired) electrons. The minimum Gasteiger partial charge on any atom is -0.432 e. The molecule has 0 saturated heterocycles. The van der Waals surface area contributed by atoms with E-state index in [4.69, 9.17) is 0 Å². The van der Waals surface area contributed by atoms with Crippen LogP contribution in [0, 0.1) is 0 Å². The lowest BCUT2D eigenvalue weighted by Crippen LogP contribution is -2.23. The number of halogens is 4. The highest BCUT2D eigenvalue weighted by atomic mass is 19.3. The van der Waals surface area contributed by atoms with Gasteiger partial charge in [0.25, 0.3) is 12.0 Å². The quantitative estimate of drug-likeness (QED) is 0.487. The topological polar surface area (TPSA) is 94.0 Å². The molecule has 1 aliphatic carbocycles. The van der Waals surface area contributed by atoms with Crippen molar-refractivity contribution in [2.45, 2.75) is 44.4 Å². The number of ether oxygens (including phenoxy) is 1. The summed E-state index contributed by atoms with van der Waals surface area (Å²) in [4.78, 5) is 24.0. The number of hydrogen-bond acceptors (Lipinski definition) is 7. The first-order chi connectivity index (χ1) is 15.9. The molecule has 1 aliphatic rings. The minimum absolute atomic E-state index is 0.00102. The third kappa shape index (κ3) is 5.57. The molecular formula is C21H20F4N6O2. The van der Waals surface area contributed by atoms with Crippen molar-refractivity contribution in [3.05, 3.63) is 65.0 Å². The highest BCUT2D eigenvalue weighted by Gasteiger charge is 2.26. The normalized spacial score (nSPS) is 18.0. The third-order valence-corrected chi connectivity index (χ3v) is 5.16. The highest BCUT2D eigenvalue weighted by Crippen LogP contribution is 2.28. The van der Waals surface area contributed by atoms with E-state index in [0.29, 0.717) is 6.42 Å². The molecule has 0 unspecified atom stereocenters. The summed E-state index contributed by atoms with van der Waals surface area (Å²) >= 11 is 0.